The molecule has 0 fully saturated rings. The number of hydrogen-bond donors (Lipinski definition) is 4. The van der Waals surface area contributed by atoms with E-state index in [9.17, 15) is 32.0 Å². The Hall–Kier alpha value is -5.86. The van der Waals surface area contributed by atoms with Crippen LogP contribution in [0.2, 0.25) is 0 Å². The van der Waals surface area contributed by atoms with Gasteiger partial charge in [0.15, 0.2) is 15.5 Å². The Labute approximate surface area is 376 Å². The highest BCUT2D eigenvalue weighted by atomic mass is 35.5. The summed E-state index contributed by atoms with van der Waals surface area (Å²) < 4.78 is 55.7. The number of esters is 1. The van der Waals surface area contributed by atoms with Crippen LogP contribution in [0.15, 0.2) is 90.0 Å². The van der Waals surface area contributed by atoms with Crippen LogP contribution in [0.25, 0.3) is 16.8 Å². The van der Waals surface area contributed by atoms with E-state index < -0.39 is 58.5 Å². The van der Waals surface area contributed by atoms with Crippen molar-refractivity contribution in [3.05, 3.63) is 96.4 Å². The van der Waals surface area contributed by atoms with Gasteiger partial charge in [0.2, 0.25) is 18.6 Å². The Morgan fingerprint density at radius 3 is 2.17 bits per heavy atom. The van der Waals surface area contributed by atoms with E-state index >= 15 is 0 Å². The number of aromatic nitrogens is 3. The van der Waals surface area contributed by atoms with E-state index in [1.54, 1.807) is 75.5 Å². The van der Waals surface area contributed by atoms with Gasteiger partial charge in [-0.05, 0) is 91.9 Å². The lowest BCUT2D eigenvalue weighted by molar-refractivity contribution is -0.157. The van der Waals surface area contributed by atoms with Crippen LogP contribution < -0.4 is 31.7 Å². The molecule has 63 heavy (non-hydrogen) atoms. The molecule has 2 aromatic heterocycles. The average Bonchev–Trinajstić information content (AvgIpc) is 3.65. The van der Waals surface area contributed by atoms with Crippen molar-refractivity contribution in [1.29, 1.82) is 0 Å². The molecule has 2 heterocycles. The van der Waals surface area contributed by atoms with E-state index in [-0.39, 0.29) is 58.8 Å². The lowest BCUT2D eigenvalue weighted by atomic mass is 10.00. The minimum atomic E-state index is -3.68. The third-order valence-electron chi connectivity index (χ3n) is 9.68. The number of nitrogens with two attached hydrogens (primary N) is 2. The summed E-state index contributed by atoms with van der Waals surface area (Å²) in [5.41, 5.74) is 14.5. The first-order valence-corrected chi connectivity index (χ1v) is 21.2. The summed E-state index contributed by atoms with van der Waals surface area (Å²) in [5.74, 6) is -3.25. The number of carbonyl (C=O) groups is 4. The predicted octanol–water partition coefficient (Wildman–Crippen LogP) is 5.91. The number of methoxy groups -OCH3 is 1. The van der Waals surface area contributed by atoms with Crippen LogP contribution in [0, 0.1) is 11.7 Å². The van der Waals surface area contributed by atoms with Crippen LogP contribution in [0.4, 0.5) is 26.5 Å². The third-order valence-corrected chi connectivity index (χ3v) is 10.8. The molecule has 0 aliphatic heterocycles. The fraction of sp³-hybridized carbons (Fsp3) is 0.333. The number of amides is 3. The number of carbonyl (C=O) groups excluding carboxylic acids is 4. The van der Waals surface area contributed by atoms with Gasteiger partial charge in [-0.25, -0.2) is 31.8 Å². The number of nitrogens with one attached hydrogen (secondary N) is 2. The number of rotatable bonds is 18. The van der Waals surface area contributed by atoms with Gasteiger partial charge >= 0.3 is 12.1 Å². The number of pyridine rings is 1. The topological polar surface area (TPSA) is 240 Å². The zero-order chi connectivity index (χ0) is 44.4. The molecule has 3 amide bonds. The first-order chi connectivity index (χ1) is 29.0. The summed E-state index contributed by atoms with van der Waals surface area (Å²) in [7, 11) is -2.40. The van der Waals surface area contributed by atoms with Gasteiger partial charge in [-0.1, -0.05) is 44.5 Å². The van der Waals surface area contributed by atoms with Gasteiger partial charge in [-0.15, -0.1) is 29.9 Å². The molecule has 0 saturated carbocycles. The quantitative estimate of drug-likeness (QED) is 0.0455. The summed E-state index contributed by atoms with van der Waals surface area (Å²) in [4.78, 5) is 58.0. The van der Waals surface area contributed by atoms with Crippen LogP contribution >= 0.6 is 24.8 Å². The molecule has 0 unspecified atom stereocenters. The highest BCUT2D eigenvalue weighted by molar-refractivity contribution is 7.90. The molecule has 5 aromatic rings. The van der Waals surface area contributed by atoms with Crippen molar-refractivity contribution in [2.75, 3.05) is 36.9 Å². The molecule has 0 spiro atoms. The second kappa shape index (κ2) is 23.0. The van der Waals surface area contributed by atoms with E-state index in [1.807, 2.05) is 0 Å². The number of sulfone groups is 1. The molecule has 0 bridgehead atoms. The van der Waals surface area contributed by atoms with Crippen molar-refractivity contribution in [2.45, 2.75) is 62.9 Å². The van der Waals surface area contributed by atoms with Crippen LogP contribution in [-0.2, 0) is 33.7 Å². The number of ether oxygens (including phenoxy) is 3. The maximum Gasteiger partial charge on any atom is 0.424 e. The van der Waals surface area contributed by atoms with Crippen molar-refractivity contribution < 1.29 is 46.2 Å². The maximum atomic E-state index is 13.9. The van der Waals surface area contributed by atoms with E-state index in [0.29, 0.717) is 48.3 Å². The van der Waals surface area contributed by atoms with Crippen molar-refractivity contribution in [3.63, 3.8) is 0 Å². The minimum absolute atomic E-state index is 0. The number of nitrogens with zero attached hydrogens (tertiary/aromatic N) is 4. The average molecular weight is 934 g/mol. The molecule has 0 aliphatic carbocycles. The Balaban J connectivity index is 0.00000528. The summed E-state index contributed by atoms with van der Waals surface area (Å²) in [6.45, 7) is 4.70. The predicted molar refractivity (Wildman–Crippen MR) is 240 cm³/mol. The van der Waals surface area contributed by atoms with Gasteiger partial charge in [0, 0.05) is 29.8 Å². The summed E-state index contributed by atoms with van der Waals surface area (Å²) in [6.07, 6.45) is 3.27. The molecular formula is C42H51Cl2FN8O9S. The molecule has 340 valence electrons. The normalized spacial score (nSPS) is 12.5. The molecule has 0 aliphatic rings. The Morgan fingerprint density at radius 2 is 1.56 bits per heavy atom. The lowest BCUT2D eigenvalue weighted by Gasteiger charge is -2.23. The van der Waals surface area contributed by atoms with Gasteiger partial charge in [-0.2, -0.15) is 4.98 Å². The van der Waals surface area contributed by atoms with Gasteiger partial charge in [0.25, 0.3) is 5.95 Å². The van der Waals surface area contributed by atoms with Gasteiger partial charge < -0.3 is 36.3 Å². The standard InChI is InChI=1S/C42H49FN8O9S.2ClH/c1-25(2)37(48-39(53)33(45)8-6-7-21-44)40(54)59-24-60-42(55)51(34-19-18-32(61(5,56)57)22-35(34)58-4)41-47-36-20-13-29(23-50(36)49-41)28-11-16-31(17-12-28)46-38(52)26(3)27-9-14-30(43)15-10-27;;/h9-20,22-23,25-26,33,37H,6-8,21,24,44-45H2,1-5H3,(H,46,52)(H,48,53);2*1H/t26-,33+,37+;;/m1../s1. The molecule has 0 saturated heterocycles. The molecule has 6 N–H and O–H groups in total. The van der Waals surface area contributed by atoms with E-state index in [0.717, 1.165) is 16.7 Å². The van der Waals surface area contributed by atoms with E-state index in [4.69, 9.17) is 25.7 Å². The number of halogens is 3. The van der Waals surface area contributed by atoms with Gasteiger partial charge in [-0.3, -0.25) is 9.59 Å². The van der Waals surface area contributed by atoms with Gasteiger partial charge in [0.1, 0.15) is 17.6 Å². The second-order valence-corrected chi connectivity index (χ2v) is 16.5. The smallest absolute Gasteiger partial charge is 0.424 e. The Morgan fingerprint density at radius 1 is 0.889 bits per heavy atom. The number of hydrogen-bond acceptors (Lipinski definition) is 13. The van der Waals surface area contributed by atoms with Crippen LogP contribution in [0.5, 0.6) is 5.75 Å². The number of fused-ring (bicyclic) bond motifs is 1. The fourth-order valence-corrected chi connectivity index (χ4v) is 6.72. The van der Waals surface area contributed by atoms with Gasteiger partial charge in [0.05, 0.1) is 29.7 Å². The minimum Gasteiger partial charge on any atom is -0.495 e. The maximum absolute atomic E-state index is 13.9. The second-order valence-electron chi connectivity index (χ2n) is 14.5. The summed E-state index contributed by atoms with van der Waals surface area (Å²) in [6, 6.07) is 18.1. The van der Waals surface area contributed by atoms with Crippen molar-refractivity contribution in [1.82, 2.24) is 19.9 Å². The molecule has 3 atom stereocenters. The van der Waals surface area contributed by atoms with Crippen LogP contribution in [0.1, 0.15) is 51.5 Å². The molecule has 17 nitrogen and oxygen atoms in total. The number of benzene rings is 3. The van der Waals surface area contributed by atoms with Crippen LogP contribution in [0.3, 0.4) is 0 Å². The summed E-state index contributed by atoms with van der Waals surface area (Å²) >= 11 is 0. The van der Waals surface area contributed by atoms with Crippen molar-refractivity contribution in [3.8, 4) is 16.9 Å². The summed E-state index contributed by atoms with van der Waals surface area (Å²) in [5, 5.41) is 10.0. The molecular weight excluding hydrogens is 882 g/mol. The van der Waals surface area contributed by atoms with Crippen molar-refractivity contribution >= 4 is 81.5 Å². The number of unbranched alkanes of at least 4 members (excludes halogenated alkanes) is 1. The van der Waals surface area contributed by atoms with Crippen molar-refractivity contribution in [2.24, 2.45) is 17.4 Å². The molecule has 21 heteroatoms. The Kier molecular flexibility index (Phi) is 18.8. The zero-order valence-electron chi connectivity index (χ0n) is 35.1. The first-order valence-electron chi connectivity index (χ1n) is 19.3. The molecule has 3 aromatic carbocycles. The van der Waals surface area contributed by atoms with E-state index in [1.165, 1.54) is 42.0 Å². The fourth-order valence-electron chi connectivity index (χ4n) is 6.09. The largest absolute Gasteiger partial charge is 0.495 e. The first kappa shape index (κ1) is 51.5. The van der Waals surface area contributed by atoms with Crippen LogP contribution in [-0.4, -0.2) is 85.7 Å². The molecule has 0 radical (unpaired) electrons. The highest BCUT2D eigenvalue weighted by Gasteiger charge is 2.31. The lowest BCUT2D eigenvalue weighted by Crippen LogP contribution is -2.51. The SMILES string of the molecule is COc1cc(S(C)(=O)=O)ccc1N(C(=O)OCOC(=O)[C@@H](NC(=O)[C@@H](N)CCCCN)C(C)C)c1nc2ccc(-c3ccc(NC(=O)[C@H](C)c4ccc(F)cc4)cc3)cn2n1.Cl.Cl. The zero-order valence-corrected chi connectivity index (χ0v) is 37.6. The Bertz CT molecular complexity index is 2480. The highest BCUT2D eigenvalue weighted by Crippen LogP contribution is 2.35. The molecule has 5 rings (SSSR count). The van der Waals surface area contributed by atoms with E-state index in [2.05, 4.69) is 20.7 Å². The number of anilines is 3. The third kappa shape index (κ3) is 13.3. The monoisotopic (exact) mass is 932 g/mol.